The van der Waals surface area contributed by atoms with Gasteiger partial charge in [0.05, 0.1) is 19.8 Å². The van der Waals surface area contributed by atoms with Crippen LogP contribution in [0.15, 0.2) is 48.5 Å². The molecule has 23 heavy (non-hydrogen) atoms. The summed E-state index contributed by atoms with van der Waals surface area (Å²) < 4.78 is 10.7. The quantitative estimate of drug-likeness (QED) is 0.580. The van der Waals surface area contributed by atoms with Crippen molar-refractivity contribution < 1.29 is 14.3 Å². The van der Waals surface area contributed by atoms with Crippen LogP contribution < -0.4 is 11.1 Å². The summed E-state index contributed by atoms with van der Waals surface area (Å²) in [5.74, 6) is -0.188. The fraction of sp³-hybridized carbons (Fsp3) is 0.278. The maximum absolute atomic E-state index is 12.2. The minimum absolute atomic E-state index is 0.188. The van der Waals surface area contributed by atoms with Crippen LogP contribution in [-0.2, 0) is 16.1 Å². The van der Waals surface area contributed by atoms with Crippen molar-refractivity contribution in [3.05, 3.63) is 59.7 Å². The van der Waals surface area contributed by atoms with E-state index in [1.807, 2.05) is 31.2 Å². The number of hydrogen-bond donors (Lipinski definition) is 2. The summed E-state index contributed by atoms with van der Waals surface area (Å²) in [5.41, 5.74) is 8.51. The maximum Gasteiger partial charge on any atom is 0.255 e. The number of rotatable bonds is 8. The smallest absolute Gasteiger partial charge is 0.255 e. The van der Waals surface area contributed by atoms with E-state index in [0.717, 1.165) is 11.3 Å². The van der Waals surface area contributed by atoms with E-state index < -0.39 is 0 Å². The van der Waals surface area contributed by atoms with Crippen molar-refractivity contribution >= 4 is 17.3 Å². The van der Waals surface area contributed by atoms with E-state index in [4.69, 9.17) is 15.2 Å². The van der Waals surface area contributed by atoms with Crippen LogP contribution in [0, 0.1) is 0 Å². The second kappa shape index (κ2) is 8.92. The Morgan fingerprint density at radius 3 is 2.65 bits per heavy atom. The third kappa shape index (κ3) is 5.73. The predicted octanol–water partition coefficient (Wildman–Crippen LogP) is 3.07. The molecule has 2 aromatic rings. The highest BCUT2D eigenvalue weighted by atomic mass is 16.5. The zero-order valence-corrected chi connectivity index (χ0v) is 13.2. The van der Waals surface area contributed by atoms with Crippen molar-refractivity contribution in [2.75, 3.05) is 30.9 Å². The number of nitrogens with two attached hydrogens (primary N) is 1. The third-order valence-corrected chi connectivity index (χ3v) is 3.18. The summed E-state index contributed by atoms with van der Waals surface area (Å²) in [7, 11) is 0. The molecule has 2 rings (SSSR count). The Balaban J connectivity index is 1.90. The van der Waals surface area contributed by atoms with Gasteiger partial charge in [-0.1, -0.05) is 18.2 Å². The summed E-state index contributed by atoms with van der Waals surface area (Å²) in [6.45, 7) is 4.26. The van der Waals surface area contributed by atoms with Gasteiger partial charge in [0.2, 0.25) is 0 Å². The Morgan fingerprint density at radius 2 is 1.87 bits per heavy atom. The molecule has 0 spiro atoms. The Kier molecular flexibility index (Phi) is 6.59. The zero-order valence-electron chi connectivity index (χ0n) is 13.2. The maximum atomic E-state index is 12.2. The summed E-state index contributed by atoms with van der Waals surface area (Å²) in [6, 6.07) is 14.5. The van der Waals surface area contributed by atoms with Gasteiger partial charge < -0.3 is 20.5 Å². The standard InChI is InChI=1S/C18H22N2O3/c1-2-22-9-10-23-13-14-5-3-8-17(11-14)20-18(21)15-6-4-7-16(19)12-15/h3-8,11-12H,2,9-10,13,19H2,1H3,(H,20,21). The van der Waals surface area contributed by atoms with Crippen LogP contribution in [-0.4, -0.2) is 25.7 Å². The summed E-state index contributed by atoms with van der Waals surface area (Å²) in [4.78, 5) is 12.2. The Bertz CT molecular complexity index is 644. The number of ether oxygens (including phenoxy) is 2. The molecule has 5 nitrogen and oxygen atoms in total. The lowest BCUT2D eigenvalue weighted by molar-refractivity contribution is 0.0453. The Morgan fingerprint density at radius 1 is 1.09 bits per heavy atom. The van der Waals surface area contributed by atoms with E-state index in [2.05, 4.69) is 5.32 Å². The highest BCUT2D eigenvalue weighted by molar-refractivity contribution is 6.04. The molecule has 0 aromatic heterocycles. The number of carbonyl (C=O) groups is 1. The number of carbonyl (C=O) groups excluding carboxylic acids is 1. The first kappa shape index (κ1) is 17.0. The summed E-state index contributed by atoms with van der Waals surface area (Å²) in [6.07, 6.45) is 0. The lowest BCUT2D eigenvalue weighted by Gasteiger charge is -2.09. The molecule has 0 aliphatic heterocycles. The van der Waals surface area contributed by atoms with Crippen molar-refractivity contribution in [3.8, 4) is 0 Å². The van der Waals surface area contributed by atoms with Crippen molar-refractivity contribution in [1.82, 2.24) is 0 Å². The second-order valence-electron chi connectivity index (χ2n) is 5.03. The fourth-order valence-electron chi connectivity index (χ4n) is 2.07. The van der Waals surface area contributed by atoms with Gasteiger partial charge in [-0.25, -0.2) is 0 Å². The molecule has 0 aliphatic rings. The van der Waals surface area contributed by atoms with Crippen molar-refractivity contribution in [2.45, 2.75) is 13.5 Å². The Labute approximate surface area is 136 Å². The highest BCUT2D eigenvalue weighted by Gasteiger charge is 2.06. The average molecular weight is 314 g/mol. The van der Waals surface area contributed by atoms with E-state index in [0.29, 0.717) is 37.7 Å². The number of nitrogens with one attached hydrogen (secondary N) is 1. The van der Waals surface area contributed by atoms with E-state index >= 15 is 0 Å². The summed E-state index contributed by atoms with van der Waals surface area (Å²) >= 11 is 0. The largest absolute Gasteiger partial charge is 0.399 e. The number of anilines is 2. The average Bonchev–Trinajstić information content (AvgIpc) is 2.55. The number of hydrogen-bond acceptors (Lipinski definition) is 4. The molecule has 0 unspecified atom stereocenters. The normalized spacial score (nSPS) is 10.5. The van der Waals surface area contributed by atoms with Gasteiger partial charge in [0.25, 0.3) is 5.91 Å². The van der Waals surface area contributed by atoms with Gasteiger partial charge in [-0.15, -0.1) is 0 Å². The third-order valence-electron chi connectivity index (χ3n) is 3.18. The molecule has 2 aromatic carbocycles. The van der Waals surface area contributed by atoms with Crippen LogP contribution in [0.4, 0.5) is 11.4 Å². The van der Waals surface area contributed by atoms with Gasteiger partial charge in [-0.2, -0.15) is 0 Å². The van der Waals surface area contributed by atoms with Crippen LogP contribution in [0.3, 0.4) is 0 Å². The molecule has 0 radical (unpaired) electrons. The molecule has 3 N–H and O–H groups in total. The van der Waals surface area contributed by atoms with Crippen LogP contribution in [0.1, 0.15) is 22.8 Å². The zero-order chi connectivity index (χ0) is 16.5. The SMILES string of the molecule is CCOCCOCc1cccc(NC(=O)c2cccc(N)c2)c1. The first-order valence-corrected chi connectivity index (χ1v) is 7.60. The van der Waals surface area contributed by atoms with Gasteiger partial charge in [0, 0.05) is 23.5 Å². The van der Waals surface area contributed by atoms with Crippen molar-refractivity contribution in [1.29, 1.82) is 0 Å². The first-order valence-electron chi connectivity index (χ1n) is 7.60. The van der Waals surface area contributed by atoms with E-state index in [1.54, 1.807) is 24.3 Å². The molecule has 0 heterocycles. The van der Waals surface area contributed by atoms with E-state index in [9.17, 15) is 4.79 Å². The predicted molar refractivity (Wildman–Crippen MR) is 91.4 cm³/mol. The highest BCUT2D eigenvalue weighted by Crippen LogP contribution is 2.14. The van der Waals surface area contributed by atoms with Crippen LogP contribution in [0.25, 0.3) is 0 Å². The van der Waals surface area contributed by atoms with Crippen LogP contribution in [0.5, 0.6) is 0 Å². The van der Waals surface area contributed by atoms with E-state index in [1.165, 1.54) is 0 Å². The molecule has 0 aliphatic carbocycles. The molecule has 0 saturated carbocycles. The van der Waals surface area contributed by atoms with E-state index in [-0.39, 0.29) is 5.91 Å². The summed E-state index contributed by atoms with van der Waals surface area (Å²) in [5, 5.41) is 2.86. The van der Waals surface area contributed by atoms with Crippen molar-refractivity contribution in [3.63, 3.8) is 0 Å². The Hall–Kier alpha value is -2.37. The van der Waals surface area contributed by atoms with Gasteiger partial charge in [0.15, 0.2) is 0 Å². The van der Waals surface area contributed by atoms with Gasteiger partial charge >= 0.3 is 0 Å². The molecule has 0 bridgehead atoms. The number of nitrogen functional groups attached to an aromatic ring is 1. The van der Waals surface area contributed by atoms with Gasteiger partial charge in [-0.05, 0) is 42.8 Å². The molecule has 0 atom stereocenters. The van der Waals surface area contributed by atoms with Gasteiger partial charge in [0.1, 0.15) is 0 Å². The minimum Gasteiger partial charge on any atom is -0.399 e. The number of amides is 1. The fourth-order valence-corrected chi connectivity index (χ4v) is 2.07. The molecular formula is C18H22N2O3. The molecule has 0 saturated heterocycles. The van der Waals surface area contributed by atoms with Crippen molar-refractivity contribution in [2.24, 2.45) is 0 Å². The van der Waals surface area contributed by atoms with Crippen LogP contribution in [0.2, 0.25) is 0 Å². The molecular weight excluding hydrogens is 292 g/mol. The van der Waals surface area contributed by atoms with Gasteiger partial charge in [-0.3, -0.25) is 4.79 Å². The lowest BCUT2D eigenvalue weighted by atomic mass is 10.1. The molecule has 5 heteroatoms. The molecule has 1 amide bonds. The second-order valence-corrected chi connectivity index (χ2v) is 5.03. The topological polar surface area (TPSA) is 73.6 Å². The van der Waals surface area contributed by atoms with Crippen LogP contribution >= 0.6 is 0 Å². The number of benzene rings is 2. The first-order chi connectivity index (χ1) is 11.2. The lowest BCUT2D eigenvalue weighted by Crippen LogP contribution is -2.12. The molecule has 0 fully saturated rings. The minimum atomic E-state index is -0.188. The monoisotopic (exact) mass is 314 g/mol. The molecule has 122 valence electrons.